The van der Waals surface area contributed by atoms with E-state index < -0.39 is 15.7 Å². The van der Waals surface area contributed by atoms with Crippen molar-refractivity contribution in [2.24, 2.45) is 0 Å². The number of sulfone groups is 1. The highest BCUT2D eigenvalue weighted by Gasteiger charge is 2.22. The van der Waals surface area contributed by atoms with Gasteiger partial charge in [0.2, 0.25) is 0 Å². The monoisotopic (exact) mass is 462 g/mol. The summed E-state index contributed by atoms with van der Waals surface area (Å²) in [6.07, 6.45) is 4.78. The molecule has 1 N–H and O–H groups in total. The summed E-state index contributed by atoms with van der Waals surface area (Å²) < 4.78 is 36.3. The van der Waals surface area contributed by atoms with E-state index in [0.29, 0.717) is 17.9 Å². The minimum atomic E-state index is -3.59. The highest BCUT2D eigenvalue weighted by Crippen LogP contribution is 2.20. The molecule has 0 aliphatic rings. The Morgan fingerprint density at radius 3 is 2.45 bits per heavy atom. The van der Waals surface area contributed by atoms with E-state index in [2.05, 4.69) is 10.3 Å². The Labute approximate surface area is 192 Å². The Morgan fingerprint density at radius 2 is 1.73 bits per heavy atom. The first kappa shape index (κ1) is 22.3. The van der Waals surface area contributed by atoms with Crippen LogP contribution in [0.25, 0.3) is 0 Å². The summed E-state index contributed by atoms with van der Waals surface area (Å²) in [7, 11) is -3.59. The van der Waals surface area contributed by atoms with Crippen LogP contribution in [0, 0.1) is 0 Å². The lowest BCUT2D eigenvalue weighted by Gasteiger charge is -2.09. The van der Waals surface area contributed by atoms with E-state index in [1.165, 1.54) is 24.5 Å². The van der Waals surface area contributed by atoms with Crippen LogP contribution in [0.15, 0.2) is 101 Å². The van der Waals surface area contributed by atoms with Crippen LogP contribution >= 0.6 is 0 Å². The molecule has 0 radical (unpaired) electrons. The molecule has 0 saturated heterocycles. The van der Waals surface area contributed by atoms with Gasteiger partial charge in [0.25, 0.3) is 5.91 Å². The van der Waals surface area contributed by atoms with E-state index in [0.717, 1.165) is 11.1 Å². The van der Waals surface area contributed by atoms with Gasteiger partial charge in [-0.1, -0.05) is 36.4 Å². The summed E-state index contributed by atoms with van der Waals surface area (Å²) >= 11 is 0. The maximum atomic E-state index is 12.6. The molecule has 2 heterocycles. The van der Waals surface area contributed by atoms with Crippen LogP contribution in [0.5, 0.6) is 5.75 Å². The van der Waals surface area contributed by atoms with Crippen molar-refractivity contribution in [1.29, 1.82) is 0 Å². The number of hydrogen-bond donors (Lipinski definition) is 1. The third kappa shape index (κ3) is 5.87. The predicted molar refractivity (Wildman–Crippen MR) is 122 cm³/mol. The van der Waals surface area contributed by atoms with Gasteiger partial charge in [-0.3, -0.25) is 9.78 Å². The van der Waals surface area contributed by atoms with Gasteiger partial charge in [-0.2, -0.15) is 0 Å². The van der Waals surface area contributed by atoms with E-state index in [-0.39, 0.29) is 23.0 Å². The van der Waals surface area contributed by atoms with Crippen molar-refractivity contribution >= 4 is 15.7 Å². The van der Waals surface area contributed by atoms with E-state index in [4.69, 9.17) is 9.15 Å². The van der Waals surface area contributed by atoms with Gasteiger partial charge in [0, 0.05) is 30.1 Å². The number of ether oxygens (including phenoxy) is 1. The van der Waals surface area contributed by atoms with Gasteiger partial charge in [-0.25, -0.2) is 8.42 Å². The number of nitrogens with one attached hydrogen (secondary N) is 1. The first-order valence-electron chi connectivity index (χ1n) is 10.2. The van der Waals surface area contributed by atoms with E-state index in [1.807, 2.05) is 36.4 Å². The Hall–Kier alpha value is -3.91. The van der Waals surface area contributed by atoms with Crippen LogP contribution in [-0.4, -0.2) is 19.3 Å². The second kappa shape index (κ2) is 10.1. The van der Waals surface area contributed by atoms with Gasteiger partial charge in [0.15, 0.2) is 15.6 Å². The normalized spacial score (nSPS) is 11.2. The van der Waals surface area contributed by atoms with Gasteiger partial charge in [-0.15, -0.1) is 0 Å². The number of amides is 1. The summed E-state index contributed by atoms with van der Waals surface area (Å²) in [5, 5.41) is 2.77. The number of pyridine rings is 1. The first-order valence-corrected chi connectivity index (χ1v) is 11.9. The van der Waals surface area contributed by atoms with Crippen molar-refractivity contribution in [3.8, 4) is 5.75 Å². The molecule has 0 bridgehead atoms. The molecule has 4 aromatic rings. The average Bonchev–Trinajstić information content (AvgIpc) is 3.30. The van der Waals surface area contributed by atoms with Gasteiger partial charge in [0.1, 0.15) is 12.4 Å². The zero-order valence-electron chi connectivity index (χ0n) is 17.7. The molecule has 0 aliphatic heterocycles. The van der Waals surface area contributed by atoms with Crippen LogP contribution in [0.4, 0.5) is 0 Å². The quantitative estimate of drug-likeness (QED) is 0.401. The predicted octanol–water partition coefficient (Wildman–Crippen LogP) is 4.16. The zero-order chi connectivity index (χ0) is 23.1. The van der Waals surface area contributed by atoms with Crippen molar-refractivity contribution in [2.45, 2.75) is 23.8 Å². The number of carbonyl (C=O) groups excluding carboxylic acids is 1. The molecule has 0 atom stereocenters. The standard InChI is InChI=1S/C25H22N2O5S/c28-25(24-21(12-14-31-24)18-33(29,30)23-6-2-1-3-7-23)27-16-19-8-10-22(11-9-19)32-17-20-5-4-13-26-15-20/h1-15H,16-18H2,(H,27,28). The Bertz CT molecular complexity index is 1300. The highest BCUT2D eigenvalue weighted by molar-refractivity contribution is 7.90. The lowest BCUT2D eigenvalue weighted by atomic mass is 10.2. The lowest BCUT2D eigenvalue weighted by molar-refractivity contribution is 0.0922. The van der Waals surface area contributed by atoms with E-state index >= 15 is 0 Å². The van der Waals surface area contributed by atoms with Crippen LogP contribution < -0.4 is 10.1 Å². The second-order valence-electron chi connectivity index (χ2n) is 7.32. The van der Waals surface area contributed by atoms with Gasteiger partial charge < -0.3 is 14.5 Å². The molecule has 0 aliphatic carbocycles. The number of aromatic nitrogens is 1. The fourth-order valence-electron chi connectivity index (χ4n) is 3.18. The largest absolute Gasteiger partial charge is 0.489 e. The molecule has 2 aromatic heterocycles. The molecule has 0 fully saturated rings. The summed E-state index contributed by atoms with van der Waals surface area (Å²) in [5.41, 5.74) is 2.15. The fourth-order valence-corrected chi connectivity index (χ4v) is 4.56. The third-order valence-electron chi connectivity index (χ3n) is 4.91. The fraction of sp³-hybridized carbons (Fsp3) is 0.120. The number of furan rings is 1. The van der Waals surface area contributed by atoms with Gasteiger partial charge in [-0.05, 0) is 42.0 Å². The van der Waals surface area contributed by atoms with Crippen molar-refractivity contribution in [3.63, 3.8) is 0 Å². The Morgan fingerprint density at radius 1 is 0.939 bits per heavy atom. The average molecular weight is 463 g/mol. The van der Waals surface area contributed by atoms with Gasteiger partial charge >= 0.3 is 0 Å². The number of benzene rings is 2. The molecule has 0 spiro atoms. The lowest BCUT2D eigenvalue weighted by Crippen LogP contribution is -2.23. The van der Waals surface area contributed by atoms with E-state index in [9.17, 15) is 13.2 Å². The Kier molecular flexibility index (Phi) is 6.85. The SMILES string of the molecule is O=C(NCc1ccc(OCc2cccnc2)cc1)c1occc1CS(=O)(=O)c1ccccc1. The number of nitrogens with zero attached hydrogens (tertiary/aromatic N) is 1. The molecule has 168 valence electrons. The van der Waals surface area contributed by atoms with Crippen molar-refractivity contribution < 1.29 is 22.4 Å². The summed E-state index contributed by atoms with van der Waals surface area (Å²) in [4.78, 5) is 16.9. The zero-order valence-corrected chi connectivity index (χ0v) is 18.5. The molecular weight excluding hydrogens is 440 g/mol. The van der Waals surface area contributed by atoms with Gasteiger partial charge in [0.05, 0.1) is 16.9 Å². The summed E-state index contributed by atoms with van der Waals surface area (Å²) in [6, 6.07) is 20.7. The smallest absolute Gasteiger partial charge is 0.287 e. The van der Waals surface area contributed by atoms with Crippen LogP contribution in [-0.2, 0) is 28.7 Å². The summed E-state index contributed by atoms with van der Waals surface area (Å²) in [5.74, 6) is -0.103. The summed E-state index contributed by atoms with van der Waals surface area (Å²) in [6.45, 7) is 0.671. The molecule has 33 heavy (non-hydrogen) atoms. The molecule has 0 unspecified atom stereocenters. The van der Waals surface area contributed by atoms with Crippen molar-refractivity contribution in [1.82, 2.24) is 10.3 Å². The molecule has 0 saturated carbocycles. The maximum Gasteiger partial charge on any atom is 0.287 e. The van der Waals surface area contributed by atoms with Crippen molar-refractivity contribution in [2.75, 3.05) is 0 Å². The second-order valence-corrected chi connectivity index (χ2v) is 9.31. The van der Waals surface area contributed by atoms with Crippen LogP contribution in [0.3, 0.4) is 0 Å². The van der Waals surface area contributed by atoms with Crippen LogP contribution in [0.1, 0.15) is 27.2 Å². The first-order chi connectivity index (χ1) is 16.0. The molecular formula is C25H22N2O5S. The minimum absolute atomic E-state index is 0.00840. The molecule has 2 aromatic carbocycles. The Balaban J connectivity index is 1.34. The minimum Gasteiger partial charge on any atom is -0.489 e. The van der Waals surface area contributed by atoms with Crippen LogP contribution in [0.2, 0.25) is 0 Å². The molecule has 4 rings (SSSR count). The maximum absolute atomic E-state index is 12.6. The van der Waals surface area contributed by atoms with Crippen molar-refractivity contribution in [3.05, 3.63) is 114 Å². The number of hydrogen-bond acceptors (Lipinski definition) is 6. The highest BCUT2D eigenvalue weighted by atomic mass is 32.2. The number of carbonyl (C=O) groups is 1. The third-order valence-corrected chi connectivity index (χ3v) is 6.59. The van der Waals surface area contributed by atoms with E-state index in [1.54, 1.807) is 30.6 Å². The topological polar surface area (TPSA) is 98.5 Å². The molecule has 8 heteroatoms. The number of rotatable bonds is 9. The molecule has 7 nitrogen and oxygen atoms in total. The molecule has 1 amide bonds.